The minimum Gasteiger partial charge on any atom is -0.483 e. The van der Waals surface area contributed by atoms with Gasteiger partial charge in [0.25, 0.3) is 5.91 Å². The minimum atomic E-state index is -1.07. The highest BCUT2D eigenvalue weighted by Gasteiger charge is 2.14. The van der Waals surface area contributed by atoms with Crippen molar-refractivity contribution in [2.45, 2.75) is 13.8 Å². The van der Waals surface area contributed by atoms with E-state index in [0.29, 0.717) is 13.1 Å². The highest BCUT2D eigenvalue weighted by molar-refractivity contribution is 5.91. The van der Waals surface area contributed by atoms with Crippen molar-refractivity contribution in [3.63, 3.8) is 0 Å². The van der Waals surface area contributed by atoms with E-state index in [9.17, 15) is 9.59 Å². The molecule has 0 atom stereocenters. The van der Waals surface area contributed by atoms with Crippen molar-refractivity contribution in [1.29, 1.82) is 0 Å². The number of para-hydroxylation sites is 1. The SMILES string of the molecule is CCN(CC)C(=O)COc1ccccc1C(=O)O. The average Bonchev–Trinajstić information content (AvgIpc) is 2.38. The zero-order chi connectivity index (χ0) is 13.5. The Bertz CT molecular complexity index is 427. The Morgan fingerprint density at radius 1 is 1.22 bits per heavy atom. The highest BCUT2D eigenvalue weighted by Crippen LogP contribution is 2.17. The molecule has 0 aromatic heterocycles. The van der Waals surface area contributed by atoms with Crippen LogP contribution in [0.1, 0.15) is 24.2 Å². The smallest absolute Gasteiger partial charge is 0.339 e. The topological polar surface area (TPSA) is 66.8 Å². The molecule has 0 fully saturated rings. The molecule has 0 radical (unpaired) electrons. The predicted octanol–water partition coefficient (Wildman–Crippen LogP) is 1.63. The van der Waals surface area contributed by atoms with Gasteiger partial charge in [0.2, 0.25) is 0 Å². The Balaban J connectivity index is 2.69. The lowest BCUT2D eigenvalue weighted by atomic mass is 10.2. The molecule has 1 aromatic rings. The van der Waals surface area contributed by atoms with Crippen LogP contribution in [0.25, 0.3) is 0 Å². The number of hydrogen-bond acceptors (Lipinski definition) is 3. The highest BCUT2D eigenvalue weighted by atomic mass is 16.5. The quantitative estimate of drug-likeness (QED) is 0.834. The van der Waals surface area contributed by atoms with Gasteiger partial charge in [-0.3, -0.25) is 4.79 Å². The van der Waals surface area contributed by atoms with Crippen molar-refractivity contribution in [1.82, 2.24) is 4.90 Å². The molecular weight excluding hydrogens is 234 g/mol. The number of amides is 1. The number of ether oxygens (including phenoxy) is 1. The number of carbonyl (C=O) groups is 2. The fourth-order valence-corrected chi connectivity index (χ4v) is 1.58. The number of rotatable bonds is 6. The van der Waals surface area contributed by atoms with Gasteiger partial charge in [-0.05, 0) is 26.0 Å². The van der Waals surface area contributed by atoms with Gasteiger partial charge in [0, 0.05) is 13.1 Å². The second kappa shape index (κ2) is 6.64. The van der Waals surface area contributed by atoms with Crippen molar-refractivity contribution < 1.29 is 19.4 Å². The van der Waals surface area contributed by atoms with Crippen LogP contribution in [0.2, 0.25) is 0 Å². The Kier molecular flexibility index (Phi) is 5.17. The lowest BCUT2D eigenvalue weighted by Crippen LogP contribution is -2.34. The van der Waals surface area contributed by atoms with Gasteiger partial charge in [-0.25, -0.2) is 4.79 Å². The summed E-state index contributed by atoms with van der Waals surface area (Å²) in [4.78, 5) is 24.3. The molecule has 0 aliphatic carbocycles. The molecule has 1 N–H and O–H groups in total. The monoisotopic (exact) mass is 251 g/mol. The molecule has 1 aromatic carbocycles. The van der Waals surface area contributed by atoms with E-state index >= 15 is 0 Å². The van der Waals surface area contributed by atoms with E-state index in [4.69, 9.17) is 9.84 Å². The Hall–Kier alpha value is -2.04. The molecule has 0 bridgehead atoms. The summed E-state index contributed by atoms with van der Waals surface area (Å²) in [6.07, 6.45) is 0. The number of hydrogen-bond donors (Lipinski definition) is 1. The van der Waals surface area contributed by atoms with Gasteiger partial charge in [0.05, 0.1) is 0 Å². The van der Waals surface area contributed by atoms with Crippen molar-refractivity contribution in [3.8, 4) is 5.75 Å². The van der Waals surface area contributed by atoms with Gasteiger partial charge in [0.1, 0.15) is 11.3 Å². The van der Waals surface area contributed by atoms with E-state index in [1.807, 2.05) is 13.8 Å². The van der Waals surface area contributed by atoms with E-state index < -0.39 is 5.97 Å². The van der Waals surface area contributed by atoms with Gasteiger partial charge in [0.15, 0.2) is 6.61 Å². The van der Waals surface area contributed by atoms with Gasteiger partial charge in [-0.1, -0.05) is 12.1 Å². The number of likely N-dealkylation sites (N-methyl/N-ethyl adjacent to an activating group) is 1. The van der Waals surface area contributed by atoms with Crippen molar-refractivity contribution in [3.05, 3.63) is 29.8 Å². The fourth-order valence-electron chi connectivity index (χ4n) is 1.58. The summed E-state index contributed by atoms with van der Waals surface area (Å²) in [5.74, 6) is -1.01. The average molecular weight is 251 g/mol. The third kappa shape index (κ3) is 3.48. The maximum absolute atomic E-state index is 11.7. The van der Waals surface area contributed by atoms with E-state index in [2.05, 4.69) is 0 Å². The number of carbonyl (C=O) groups excluding carboxylic acids is 1. The minimum absolute atomic E-state index is 0.0600. The summed E-state index contributed by atoms with van der Waals surface area (Å²) >= 11 is 0. The second-order valence-electron chi connectivity index (χ2n) is 3.66. The van der Waals surface area contributed by atoms with Crippen LogP contribution in [0.5, 0.6) is 5.75 Å². The predicted molar refractivity (Wildman–Crippen MR) is 66.8 cm³/mol. The molecule has 5 heteroatoms. The molecule has 0 aliphatic heterocycles. The van der Waals surface area contributed by atoms with Crippen LogP contribution < -0.4 is 4.74 Å². The van der Waals surface area contributed by atoms with E-state index in [1.54, 1.807) is 23.1 Å². The standard InChI is InChI=1S/C13H17NO4/c1-3-14(4-2)12(15)9-18-11-8-6-5-7-10(11)13(16)17/h5-8H,3-4,9H2,1-2H3,(H,16,17). The molecule has 18 heavy (non-hydrogen) atoms. The first-order valence-electron chi connectivity index (χ1n) is 5.83. The molecule has 0 spiro atoms. The number of carboxylic acids is 1. The number of benzene rings is 1. The van der Waals surface area contributed by atoms with Crippen LogP contribution in [-0.2, 0) is 4.79 Å². The Morgan fingerprint density at radius 3 is 2.39 bits per heavy atom. The van der Waals surface area contributed by atoms with Crippen LogP contribution in [0.15, 0.2) is 24.3 Å². The normalized spacial score (nSPS) is 9.89. The van der Waals surface area contributed by atoms with E-state index in [-0.39, 0.29) is 23.8 Å². The molecule has 0 aliphatic rings. The number of nitrogens with zero attached hydrogens (tertiary/aromatic N) is 1. The lowest BCUT2D eigenvalue weighted by Gasteiger charge is -2.19. The molecule has 0 saturated carbocycles. The molecule has 1 rings (SSSR count). The zero-order valence-corrected chi connectivity index (χ0v) is 10.5. The van der Waals surface area contributed by atoms with E-state index in [1.165, 1.54) is 6.07 Å². The number of carboxylic acid groups (broad SMARTS) is 1. The molecule has 98 valence electrons. The second-order valence-corrected chi connectivity index (χ2v) is 3.66. The Morgan fingerprint density at radius 2 is 1.83 bits per heavy atom. The maximum Gasteiger partial charge on any atom is 0.339 e. The summed E-state index contributed by atoms with van der Waals surface area (Å²) in [5, 5.41) is 8.96. The maximum atomic E-state index is 11.7. The van der Waals surface area contributed by atoms with Gasteiger partial charge >= 0.3 is 5.97 Å². The third-order valence-electron chi connectivity index (χ3n) is 2.58. The lowest BCUT2D eigenvalue weighted by molar-refractivity contribution is -0.132. The van der Waals surface area contributed by atoms with Gasteiger partial charge in [-0.15, -0.1) is 0 Å². The largest absolute Gasteiger partial charge is 0.483 e. The van der Waals surface area contributed by atoms with Crippen LogP contribution in [0, 0.1) is 0 Å². The van der Waals surface area contributed by atoms with E-state index in [0.717, 1.165) is 0 Å². The summed E-state index contributed by atoms with van der Waals surface area (Å²) in [6.45, 7) is 4.84. The third-order valence-corrected chi connectivity index (χ3v) is 2.58. The van der Waals surface area contributed by atoms with Gasteiger partial charge in [-0.2, -0.15) is 0 Å². The molecular formula is C13H17NO4. The fraction of sp³-hybridized carbons (Fsp3) is 0.385. The Labute approximate surface area is 106 Å². The van der Waals surface area contributed by atoms with Gasteiger partial charge < -0.3 is 14.7 Å². The van der Waals surface area contributed by atoms with Crippen LogP contribution >= 0.6 is 0 Å². The summed E-state index contributed by atoms with van der Waals surface area (Å²) < 4.78 is 5.27. The van der Waals surface area contributed by atoms with Crippen molar-refractivity contribution in [2.75, 3.05) is 19.7 Å². The molecule has 1 amide bonds. The first-order chi connectivity index (χ1) is 8.60. The van der Waals surface area contributed by atoms with Crippen molar-refractivity contribution >= 4 is 11.9 Å². The summed E-state index contributed by atoms with van der Waals surface area (Å²) in [5.41, 5.74) is 0.0600. The first kappa shape index (κ1) is 14.0. The molecule has 0 heterocycles. The van der Waals surface area contributed by atoms with Crippen LogP contribution in [0.3, 0.4) is 0 Å². The van der Waals surface area contributed by atoms with Crippen molar-refractivity contribution in [2.24, 2.45) is 0 Å². The molecule has 0 saturated heterocycles. The van der Waals surface area contributed by atoms with Crippen LogP contribution in [-0.4, -0.2) is 41.6 Å². The summed E-state index contributed by atoms with van der Waals surface area (Å²) in [6, 6.07) is 6.27. The number of aromatic carboxylic acids is 1. The summed E-state index contributed by atoms with van der Waals surface area (Å²) in [7, 11) is 0. The molecule has 5 nitrogen and oxygen atoms in total. The first-order valence-corrected chi connectivity index (χ1v) is 5.83. The molecule has 0 unspecified atom stereocenters. The zero-order valence-electron chi connectivity index (χ0n) is 10.5. The van der Waals surface area contributed by atoms with Crippen LogP contribution in [0.4, 0.5) is 0 Å².